The van der Waals surface area contributed by atoms with E-state index >= 15 is 0 Å². The highest BCUT2D eigenvalue weighted by atomic mass is 28.4. The molecular weight excluding hydrogens is 1320 g/mol. The van der Waals surface area contributed by atoms with E-state index in [1.54, 1.807) is 47.3 Å². The van der Waals surface area contributed by atoms with Crippen molar-refractivity contribution in [2.45, 2.75) is 261 Å². The van der Waals surface area contributed by atoms with Crippen molar-refractivity contribution in [3.8, 4) is 0 Å². The van der Waals surface area contributed by atoms with Crippen LogP contribution in [0, 0.1) is 47.3 Å². The fourth-order valence-electron chi connectivity index (χ4n) is 11.7. The van der Waals surface area contributed by atoms with Crippen molar-refractivity contribution >= 4 is 49.0 Å². The SMILES string of the molecule is C=C[C@H](OC)[C@@H](O[Si](C)(C)C(C)(C)C)[C@H](C)/C=C(/C)[C@H](C)C(C)C(=O)N1C(=O)OC[C@H]1Cc1ccccc1.C=C[C@H](OC)[C@@H](O[Si](C)(C)C(C)(C)C)[C@H](C)/C=C(/C)[C@H](C)[C@H](C)CO.C=C[C@H](OC)[C@@H](O[Si](C)(C)C(C)(C)C)[C@H](C)/C=C(/C)[C@H](O)C(C)C(=O)N1C(=O)OC[C@H]1Cc1ccccc1. The summed E-state index contributed by atoms with van der Waals surface area (Å²) in [5.41, 5.74) is 5.08. The first-order chi connectivity index (χ1) is 46.6. The lowest BCUT2D eigenvalue weighted by Crippen LogP contribution is -2.49. The quantitative estimate of drug-likeness (QED) is 0.0497. The maximum Gasteiger partial charge on any atom is 0.416 e. The number of aliphatic hydroxyl groups is 2. The standard InChI is InChI=1S/C31H49NO5Si.C30H47NO6Si.C21H42O3Si/c1-12-27(35-9)28(37-38(10,11)31(6,7)8)22(3)18-21(2)23(4)24(5)29(33)32-26(20-36-30(32)34)19-25-16-14-13-15-17-25;1-11-25(35-8)27(37-38(9,10)30(5,6)7)21(3)17-20(2)26(32)22(4)28(33)31-24(19-36-29(31)34)18-23-15-13-12-14-16-23;1-12-19(23-9)20(24-25(10,11)21(6,7)8)16(3)13-15(2)18(5)17(4)14-22/h12-18,22-24,26-28H,1,19-20H2,2-11H3;11-17,21-22,24-27,32H,1,18-19H2,2-10H3;12-13,16-20,22H,1,14H2,2-11H3/b21-18-;20-17-;15-13-/t22-,23+,24?,26-,27+,28+;21-,22?,24-,25+,26+,27+;16-,17-,18+,19+,20+/m111/s1. The van der Waals surface area contributed by atoms with Gasteiger partial charge in [0.2, 0.25) is 11.8 Å². The highest BCUT2D eigenvalue weighted by Gasteiger charge is 2.47. The Labute approximate surface area is 615 Å². The molecule has 0 bridgehead atoms. The van der Waals surface area contributed by atoms with Crippen LogP contribution in [0.4, 0.5) is 9.59 Å². The molecule has 2 aliphatic rings. The van der Waals surface area contributed by atoms with E-state index in [-0.39, 0.29) is 119 Å². The van der Waals surface area contributed by atoms with Gasteiger partial charge in [-0.15, -0.1) is 19.7 Å². The average molecular weight is 1460 g/mol. The molecule has 2 N–H and O–H groups in total. The molecule has 2 aliphatic heterocycles. The monoisotopic (exact) mass is 1460 g/mol. The molecule has 16 nitrogen and oxygen atoms in total. The zero-order valence-electron chi connectivity index (χ0n) is 67.9. The lowest BCUT2D eigenvalue weighted by atomic mass is 9.85. The van der Waals surface area contributed by atoms with Crippen LogP contribution in [0.15, 0.2) is 134 Å². The fraction of sp³-hybridized carbons (Fsp3) is 0.659. The Morgan fingerprint density at radius 3 is 1.07 bits per heavy atom. The minimum absolute atomic E-state index is 0.00423. The third-order valence-electron chi connectivity index (χ3n) is 22.4. The van der Waals surface area contributed by atoms with Crippen LogP contribution in [0.25, 0.3) is 0 Å². The number of allylic oxidation sites excluding steroid dienone is 2. The van der Waals surface area contributed by atoms with Crippen molar-refractivity contribution in [2.24, 2.45) is 47.3 Å². The summed E-state index contributed by atoms with van der Waals surface area (Å²) in [5.74, 6) is -1.26. The molecule has 0 aromatic heterocycles. The van der Waals surface area contributed by atoms with E-state index in [4.69, 9.17) is 37.0 Å². The normalized spacial score (nSPS) is 20.6. The first-order valence-electron chi connectivity index (χ1n) is 36.5. The molecule has 2 unspecified atom stereocenters. The number of amides is 4. The molecule has 0 saturated carbocycles. The van der Waals surface area contributed by atoms with Crippen molar-refractivity contribution in [1.29, 1.82) is 0 Å². The maximum atomic E-state index is 13.6. The van der Waals surface area contributed by atoms with E-state index in [1.165, 1.54) is 15.4 Å². The van der Waals surface area contributed by atoms with Gasteiger partial charge in [0.1, 0.15) is 31.5 Å². The summed E-state index contributed by atoms with van der Waals surface area (Å²) >= 11 is 0. The van der Waals surface area contributed by atoms with Crippen LogP contribution in [-0.4, -0.2) is 165 Å². The van der Waals surface area contributed by atoms with Gasteiger partial charge in [-0.3, -0.25) is 9.59 Å². The summed E-state index contributed by atoms with van der Waals surface area (Å²) in [5, 5.41) is 20.8. The van der Waals surface area contributed by atoms with Gasteiger partial charge in [-0.2, -0.15) is 0 Å². The van der Waals surface area contributed by atoms with Crippen LogP contribution in [0.2, 0.25) is 54.4 Å². The second-order valence-electron chi connectivity index (χ2n) is 33.2. The van der Waals surface area contributed by atoms with Gasteiger partial charge in [0.05, 0.1) is 42.4 Å². The summed E-state index contributed by atoms with van der Waals surface area (Å²) in [4.78, 5) is 54.5. The van der Waals surface area contributed by atoms with Crippen molar-refractivity contribution in [1.82, 2.24) is 9.80 Å². The molecule has 2 heterocycles. The van der Waals surface area contributed by atoms with Crippen molar-refractivity contribution in [3.63, 3.8) is 0 Å². The molecule has 0 radical (unpaired) electrons. The van der Waals surface area contributed by atoms with Gasteiger partial charge in [-0.05, 0) is 122 Å². The van der Waals surface area contributed by atoms with E-state index < -0.39 is 61.1 Å². The number of carbonyl (C=O) groups excluding carboxylic acids is 4. The Hall–Kier alpha value is -4.91. The number of hydrogen-bond acceptors (Lipinski definition) is 14. The number of benzene rings is 2. The summed E-state index contributed by atoms with van der Waals surface area (Å²) in [6.07, 6.45) is 9.28. The zero-order valence-corrected chi connectivity index (χ0v) is 70.9. The number of ether oxygens (including phenoxy) is 5. The Balaban J connectivity index is 0.000000528. The van der Waals surface area contributed by atoms with Crippen LogP contribution in [-0.2, 0) is 59.4 Å². The van der Waals surface area contributed by atoms with Crippen molar-refractivity contribution < 1.29 is 66.4 Å². The number of methoxy groups -OCH3 is 3. The Morgan fingerprint density at radius 1 is 0.505 bits per heavy atom. The minimum atomic E-state index is -2.14. The molecule has 4 amide bonds. The molecule has 4 rings (SSSR count). The first kappa shape index (κ1) is 92.2. The molecule has 2 aromatic rings. The number of rotatable bonds is 34. The summed E-state index contributed by atoms with van der Waals surface area (Å²) < 4.78 is 47.9. The summed E-state index contributed by atoms with van der Waals surface area (Å²) in [6.45, 7) is 68.0. The van der Waals surface area contributed by atoms with Crippen LogP contribution < -0.4 is 0 Å². The lowest BCUT2D eigenvalue weighted by molar-refractivity contribution is -0.136. The molecule has 101 heavy (non-hydrogen) atoms. The van der Waals surface area contributed by atoms with E-state index in [9.17, 15) is 29.4 Å². The van der Waals surface area contributed by atoms with Crippen LogP contribution >= 0.6 is 0 Å². The third-order valence-corrected chi connectivity index (χ3v) is 35.8. The molecule has 0 spiro atoms. The van der Waals surface area contributed by atoms with Crippen LogP contribution in [0.5, 0.6) is 0 Å². The second kappa shape index (κ2) is 40.5. The number of imide groups is 2. The number of aliphatic hydroxyl groups excluding tert-OH is 2. The average Bonchev–Trinajstić information content (AvgIpc) is 1.79. The Morgan fingerprint density at radius 2 is 0.792 bits per heavy atom. The first-order valence-corrected chi connectivity index (χ1v) is 45.2. The van der Waals surface area contributed by atoms with Gasteiger partial charge in [-0.1, -0.05) is 226 Å². The van der Waals surface area contributed by atoms with Crippen molar-refractivity contribution in [3.05, 3.63) is 145 Å². The molecule has 0 aliphatic carbocycles. The van der Waals surface area contributed by atoms with E-state index in [0.717, 1.165) is 16.7 Å². The summed E-state index contributed by atoms with van der Waals surface area (Å²) in [6, 6.07) is 18.8. The highest BCUT2D eigenvalue weighted by Crippen LogP contribution is 2.43. The van der Waals surface area contributed by atoms with E-state index in [2.05, 4.69) is 168 Å². The lowest BCUT2D eigenvalue weighted by Gasteiger charge is -2.42. The number of carbonyl (C=O) groups is 4. The maximum absolute atomic E-state index is 13.6. The summed E-state index contributed by atoms with van der Waals surface area (Å²) in [7, 11) is -1.12. The van der Waals surface area contributed by atoms with E-state index in [1.807, 2.05) is 101 Å². The van der Waals surface area contributed by atoms with Gasteiger partial charge in [-0.25, -0.2) is 19.4 Å². The molecule has 19 heteroatoms. The third kappa shape index (κ3) is 26.3. The molecule has 17 atom stereocenters. The highest BCUT2D eigenvalue weighted by molar-refractivity contribution is 6.75. The smallest absolute Gasteiger partial charge is 0.416 e. The second-order valence-corrected chi connectivity index (χ2v) is 47.4. The predicted molar refractivity (Wildman–Crippen MR) is 421 cm³/mol. The van der Waals surface area contributed by atoms with Gasteiger partial charge in [0, 0.05) is 51.6 Å². The van der Waals surface area contributed by atoms with Crippen LogP contribution in [0.3, 0.4) is 0 Å². The largest absolute Gasteiger partial charge is 0.447 e. The predicted octanol–water partition coefficient (Wildman–Crippen LogP) is 18.2. The zero-order chi connectivity index (χ0) is 77.7. The molecule has 2 aromatic carbocycles. The number of nitrogens with zero attached hydrogens (tertiary/aromatic N) is 2. The van der Waals surface area contributed by atoms with Crippen LogP contribution in [0.1, 0.15) is 150 Å². The van der Waals surface area contributed by atoms with Gasteiger partial charge < -0.3 is 47.2 Å². The number of hydrogen-bond donors (Lipinski definition) is 2. The van der Waals surface area contributed by atoms with Gasteiger partial charge >= 0.3 is 12.2 Å². The Bertz CT molecular complexity index is 2860. The topological polar surface area (TPSA) is 189 Å². The van der Waals surface area contributed by atoms with Crippen molar-refractivity contribution in [2.75, 3.05) is 41.2 Å². The molecule has 2 saturated heterocycles. The molecule has 2 fully saturated rings. The van der Waals surface area contributed by atoms with Gasteiger partial charge in [0.25, 0.3) is 0 Å². The molecule has 572 valence electrons. The fourth-order valence-corrected chi connectivity index (χ4v) is 15.9. The van der Waals surface area contributed by atoms with E-state index in [0.29, 0.717) is 24.3 Å². The van der Waals surface area contributed by atoms with Gasteiger partial charge in [0.15, 0.2) is 25.0 Å². The number of cyclic esters (lactones) is 2. The Kier molecular flexibility index (Phi) is 37.0. The minimum Gasteiger partial charge on any atom is -0.447 e. The molecular formula is C82H138N2O14Si3.